The monoisotopic (exact) mass is 322 g/mol. The van der Waals surface area contributed by atoms with Crippen molar-refractivity contribution in [2.24, 2.45) is 0 Å². The van der Waals surface area contributed by atoms with E-state index in [0.29, 0.717) is 0 Å². The quantitative estimate of drug-likeness (QED) is 0.676. The highest BCUT2D eigenvalue weighted by Gasteiger charge is 2.51. The number of hydrogen-bond donors (Lipinski definition) is 0. The molecular weight excluding hydrogens is 303 g/mol. The van der Waals surface area contributed by atoms with Gasteiger partial charge in [0, 0.05) is 12.4 Å². The fourth-order valence-electron chi connectivity index (χ4n) is 2.66. The summed E-state index contributed by atoms with van der Waals surface area (Å²) in [5.41, 5.74) is 1.85. The molecule has 3 aromatic rings. The van der Waals surface area contributed by atoms with Crippen molar-refractivity contribution < 1.29 is 9.31 Å². The van der Waals surface area contributed by atoms with Gasteiger partial charge in [-0.1, -0.05) is 6.07 Å². The van der Waals surface area contributed by atoms with Gasteiger partial charge in [0.1, 0.15) is 6.33 Å². The molecule has 1 fully saturated rings. The van der Waals surface area contributed by atoms with Gasteiger partial charge in [-0.2, -0.15) is 0 Å². The maximum Gasteiger partial charge on any atom is 0.494 e. The molecule has 0 spiro atoms. The van der Waals surface area contributed by atoms with Gasteiger partial charge in [-0.15, -0.1) is 0 Å². The molecule has 0 unspecified atom stereocenters. The van der Waals surface area contributed by atoms with Gasteiger partial charge in [-0.05, 0) is 45.3 Å². The number of fused-ring (bicyclic) bond motifs is 1. The minimum atomic E-state index is -0.405. The summed E-state index contributed by atoms with van der Waals surface area (Å²) in [7, 11) is -0.405. The minimum Gasteiger partial charge on any atom is -0.399 e. The molecule has 24 heavy (non-hydrogen) atoms. The highest BCUT2D eigenvalue weighted by atomic mass is 16.7. The van der Waals surface area contributed by atoms with Crippen LogP contribution in [0.4, 0.5) is 0 Å². The summed E-state index contributed by atoms with van der Waals surface area (Å²) in [6.45, 7) is 8.19. The predicted molar refractivity (Wildman–Crippen MR) is 92.4 cm³/mol. The van der Waals surface area contributed by atoms with Crippen LogP contribution < -0.4 is 5.46 Å². The third-order valence-electron chi connectivity index (χ3n) is 4.85. The summed E-state index contributed by atoms with van der Waals surface area (Å²) >= 11 is 0. The predicted octanol–water partition coefficient (Wildman–Crippen LogP) is 2.11. The highest BCUT2D eigenvalue weighted by molar-refractivity contribution is 6.62. The Bertz CT molecular complexity index is 877. The molecule has 0 radical (unpaired) electrons. The lowest BCUT2D eigenvalue weighted by Gasteiger charge is -2.32. The Labute approximate surface area is 141 Å². The molecule has 0 saturated carbocycles. The van der Waals surface area contributed by atoms with Crippen molar-refractivity contribution in [3.63, 3.8) is 0 Å². The first-order valence-corrected chi connectivity index (χ1v) is 7.96. The first kappa shape index (κ1) is 15.3. The third-order valence-corrected chi connectivity index (χ3v) is 4.85. The van der Waals surface area contributed by atoms with Crippen molar-refractivity contribution in [2.45, 2.75) is 38.9 Å². The topological polar surface area (TPSA) is 62.1 Å². The summed E-state index contributed by atoms with van der Waals surface area (Å²) < 4.78 is 14.1. The van der Waals surface area contributed by atoms with Gasteiger partial charge < -0.3 is 9.31 Å². The van der Waals surface area contributed by atoms with Gasteiger partial charge in [-0.3, -0.25) is 9.55 Å². The van der Waals surface area contributed by atoms with Crippen LogP contribution in [-0.2, 0) is 9.31 Å². The van der Waals surface area contributed by atoms with Crippen LogP contribution in [0, 0.1) is 0 Å². The molecule has 0 aliphatic carbocycles. The van der Waals surface area contributed by atoms with E-state index in [0.717, 1.165) is 22.3 Å². The highest BCUT2D eigenvalue weighted by Crippen LogP contribution is 2.36. The lowest BCUT2D eigenvalue weighted by molar-refractivity contribution is 0.00578. The lowest BCUT2D eigenvalue weighted by Crippen LogP contribution is -2.41. The lowest BCUT2D eigenvalue weighted by atomic mass is 9.79. The van der Waals surface area contributed by atoms with Crippen molar-refractivity contribution in [3.05, 3.63) is 43.1 Å². The number of nitrogens with zero attached hydrogens (tertiary/aromatic N) is 4. The van der Waals surface area contributed by atoms with Crippen LogP contribution >= 0.6 is 0 Å². The normalized spacial score (nSPS) is 19.1. The number of benzene rings is 1. The van der Waals surface area contributed by atoms with Crippen LogP contribution in [-0.4, -0.2) is 37.8 Å². The van der Waals surface area contributed by atoms with E-state index in [2.05, 4.69) is 15.0 Å². The van der Waals surface area contributed by atoms with Crippen molar-refractivity contribution in [1.82, 2.24) is 19.5 Å². The summed E-state index contributed by atoms with van der Waals surface area (Å²) in [6, 6.07) is 5.90. The van der Waals surface area contributed by atoms with Gasteiger partial charge >= 0.3 is 7.12 Å². The SMILES string of the molecule is CC1(C)OB(c2ccc3ncc(-n4ccnc4)nc3c2)OC1(C)C. The van der Waals surface area contributed by atoms with Crippen molar-refractivity contribution in [2.75, 3.05) is 0 Å². The van der Waals surface area contributed by atoms with Crippen LogP contribution in [0.2, 0.25) is 0 Å². The average molecular weight is 322 g/mol. The molecule has 3 heterocycles. The zero-order valence-electron chi connectivity index (χ0n) is 14.2. The first-order valence-electron chi connectivity index (χ1n) is 7.96. The zero-order chi connectivity index (χ0) is 16.9. The fraction of sp³-hybridized carbons (Fsp3) is 0.353. The molecule has 4 rings (SSSR count). The van der Waals surface area contributed by atoms with E-state index in [1.807, 2.05) is 56.7 Å². The molecule has 1 aromatic carbocycles. The van der Waals surface area contributed by atoms with E-state index in [1.165, 1.54) is 0 Å². The van der Waals surface area contributed by atoms with Crippen molar-refractivity contribution in [1.29, 1.82) is 0 Å². The molecular formula is C17H19BN4O2. The molecule has 0 N–H and O–H groups in total. The van der Waals surface area contributed by atoms with Crippen LogP contribution in [0.1, 0.15) is 27.7 Å². The van der Waals surface area contributed by atoms with E-state index in [4.69, 9.17) is 9.31 Å². The fourth-order valence-corrected chi connectivity index (χ4v) is 2.66. The van der Waals surface area contributed by atoms with Crippen molar-refractivity contribution in [3.8, 4) is 5.82 Å². The maximum atomic E-state index is 6.12. The zero-order valence-corrected chi connectivity index (χ0v) is 14.2. The second-order valence-electron chi connectivity index (χ2n) is 7.03. The summed E-state index contributed by atoms with van der Waals surface area (Å²) in [6.07, 6.45) is 6.99. The molecule has 2 aromatic heterocycles. The van der Waals surface area contributed by atoms with Crippen molar-refractivity contribution >= 4 is 23.6 Å². The summed E-state index contributed by atoms with van der Waals surface area (Å²) in [4.78, 5) is 13.2. The Morgan fingerprint density at radius 1 is 1.04 bits per heavy atom. The Hall–Kier alpha value is -2.25. The van der Waals surface area contributed by atoms with E-state index in [9.17, 15) is 0 Å². The van der Waals surface area contributed by atoms with Gasteiger partial charge in [-0.25, -0.2) is 9.97 Å². The standard InChI is InChI=1S/C17H19BN4O2/c1-16(2)17(3,4)24-18(23-16)12-5-6-13-14(9-12)21-15(10-20-13)22-8-7-19-11-22/h5-11H,1-4H3. The first-order chi connectivity index (χ1) is 11.4. The van der Waals surface area contributed by atoms with Crippen LogP contribution in [0.15, 0.2) is 43.1 Å². The summed E-state index contributed by atoms with van der Waals surface area (Å²) in [5.74, 6) is 0.728. The number of imidazole rings is 1. The Morgan fingerprint density at radius 3 is 2.46 bits per heavy atom. The maximum absolute atomic E-state index is 6.12. The van der Waals surface area contributed by atoms with E-state index >= 15 is 0 Å². The second kappa shape index (κ2) is 5.12. The van der Waals surface area contributed by atoms with Gasteiger partial charge in [0.25, 0.3) is 0 Å². The van der Waals surface area contributed by atoms with Crippen LogP contribution in [0.3, 0.4) is 0 Å². The molecule has 6 nitrogen and oxygen atoms in total. The largest absolute Gasteiger partial charge is 0.494 e. The van der Waals surface area contributed by atoms with Crippen LogP contribution in [0.25, 0.3) is 16.9 Å². The number of aromatic nitrogens is 4. The van der Waals surface area contributed by atoms with Gasteiger partial charge in [0.2, 0.25) is 0 Å². The molecule has 1 saturated heterocycles. The van der Waals surface area contributed by atoms with E-state index < -0.39 is 7.12 Å². The van der Waals surface area contributed by atoms with Gasteiger partial charge in [0.05, 0.1) is 28.4 Å². The van der Waals surface area contributed by atoms with E-state index in [1.54, 1.807) is 18.7 Å². The summed E-state index contributed by atoms with van der Waals surface area (Å²) in [5, 5.41) is 0. The Kier molecular flexibility index (Phi) is 3.27. The smallest absolute Gasteiger partial charge is 0.399 e. The molecule has 1 aliphatic rings. The van der Waals surface area contributed by atoms with Crippen LogP contribution in [0.5, 0.6) is 0 Å². The van der Waals surface area contributed by atoms with E-state index in [-0.39, 0.29) is 11.2 Å². The minimum absolute atomic E-state index is 0.364. The Balaban J connectivity index is 1.73. The molecule has 1 aliphatic heterocycles. The number of rotatable bonds is 2. The molecule has 0 bridgehead atoms. The number of hydrogen-bond acceptors (Lipinski definition) is 5. The molecule has 0 atom stereocenters. The third kappa shape index (κ3) is 2.40. The Morgan fingerprint density at radius 2 is 1.79 bits per heavy atom. The average Bonchev–Trinajstić information content (AvgIpc) is 3.13. The second-order valence-corrected chi connectivity index (χ2v) is 7.03. The van der Waals surface area contributed by atoms with Gasteiger partial charge in [0.15, 0.2) is 5.82 Å². The molecule has 0 amide bonds. The molecule has 122 valence electrons. The molecule has 7 heteroatoms.